The second-order valence-corrected chi connectivity index (χ2v) is 8.32. The summed E-state index contributed by atoms with van der Waals surface area (Å²) in [6.07, 6.45) is -0.165. The van der Waals surface area contributed by atoms with Crippen molar-refractivity contribution in [3.63, 3.8) is 0 Å². The van der Waals surface area contributed by atoms with Crippen LogP contribution in [0.2, 0.25) is 5.02 Å². The van der Waals surface area contributed by atoms with E-state index < -0.39 is 11.9 Å². The zero-order chi connectivity index (χ0) is 24.1. The molecule has 1 N–H and O–H groups in total. The van der Waals surface area contributed by atoms with Gasteiger partial charge in [-0.05, 0) is 54.4 Å². The molecule has 4 rings (SSSR count). The van der Waals surface area contributed by atoms with Crippen molar-refractivity contribution < 1.29 is 23.5 Å². The number of carbonyl (C=O) groups excluding carboxylic acids is 2. The highest BCUT2D eigenvalue weighted by molar-refractivity contribution is 6.31. The van der Waals surface area contributed by atoms with Crippen LogP contribution in [0, 0.1) is 5.82 Å². The zero-order valence-corrected chi connectivity index (χ0v) is 19.3. The van der Waals surface area contributed by atoms with Crippen molar-refractivity contribution in [2.24, 2.45) is 0 Å². The fraction of sp³-hybridized carbons (Fsp3) is 0.231. The number of para-hydroxylation sites is 1. The van der Waals surface area contributed by atoms with Gasteiger partial charge in [-0.15, -0.1) is 0 Å². The van der Waals surface area contributed by atoms with E-state index in [1.807, 2.05) is 25.1 Å². The van der Waals surface area contributed by atoms with Crippen molar-refractivity contribution in [3.8, 4) is 11.5 Å². The molecule has 1 aliphatic heterocycles. The quantitative estimate of drug-likeness (QED) is 0.503. The first kappa shape index (κ1) is 23.6. The van der Waals surface area contributed by atoms with E-state index in [1.165, 1.54) is 12.1 Å². The largest absolute Gasteiger partial charge is 0.484 e. The van der Waals surface area contributed by atoms with Gasteiger partial charge in [0.05, 0.1) is 0 Å². The molecule has 1 aliphatic rings. The van der Waals surface area contributed by atoms with Gasteiger partial charge < -0.3 is 19.7 Å². The predicted molar refractivity (Wildman–Crippen MR) is 127 cm³/mol. The van der Waals surface area contributed by atoms with Crippen LogP contribution in [-0.2, 0) is 22.7 Å². The summed E-state index contributed by atoms with van der Waals surface area (Å²) in [5.41, 5.74) is 1.94. The molecule has 34 heavy (non-hydrogen) atoms. The molecule has 0 spiro atoms. The van der Waals surface area contributed by atoms with E-state index in [9.17, 15) is 14.0 Å². The van der Waals surface area contributed by atoms with Gasteiger partial charge >= 0.3 is 0 Å². The smallest absolute Gasteiger partial charge is 0.264 e. The molecule has 0 aliphatic carbocycles. The van der Waals surface area contributed by atoms with Gasteiger partial charge in [0, 0.05) is 29.4 Å². The van der Waals surface area contributed by atoms with E-state index in [0.717, 1.165) is 5.56 Å². The Bertz CT molecular complexity index is 1190. The molecule has 1 heterocycles. The first-order chi connectivity index (χ1) is 16.4. The first-order valence-electron chi connectivity index (χ1n) is 10.9. The molecule has 176 valence electrons. The Balaban J connectivity index is 1.50. The summed E-state index contributed by atoms with van der Waals surface area (Å²) in [5, 5.41) is 3.07. The highest BCUT2D eigenvalue weighted by Crippen LogP contribution is 2.31. The number of hydrogen-bond donors (Lipinski definition) is 1. The molecule has 6 nitrogen and oxygen atoms in total. The number of nitrogens with zero attached hydrogens (tertiary/aromatic N) is 1. The Morgan fingerprint density at radius 1 is 1.18 bits per heavy atom. The molecule has 2 amide bonds. The molecule has 0 radical (unpaired) electrons. The van der Waals surface area contributed by atoms with E-state index in [4.69, 9.17) is 21.1 Å². The topological polar surface area (TPSA) is 67.9 Å². The van der Waals surface area contributed by atoms with Crippen molar-refractivity contribution in [3.05, 3.63) is 88.7 Å². The van der Waals surface area contributed by atoms with Crippen LogP contribution in [0.15, 0.2) is 66.7 Å². The third-order valence-corrected chi connectivity index (χ3v) is 5.77. The fourth-order valence-corrected chi connectivity index (χ4v) is 3.92. The summed E-state index contributed by atoms with van der Waals surface area (Å²) in [6, 6.07) is 18.4. The van der Waals surface area contributed by atoms with Crippen LogP contribution < -0.4 is 14.8 Å². The highest BCUT2D eigenvalue weighted by Gasteiger charge is 2.30. The molecule has 0 unspecified atom stereocenters. The van der Waals surface area contributed by atoms with E-state index in [-0.39, 0.29) is 36.5 Å². The number of anilines is 1. The third kappa shape index (κ3) is 5.66. The molecule has 0 bridgehead atoms. The SMILES string of the molecule is CC[C@@H]1Oc2ccc(NC(=O)COc3ccccc3)cc2CN(Cc2ccc(F)cc2Cl)C1=O. The Hall–Kier alpha value is -3.58. The lowest BCUT2D eigenvalue weighted by Crippen LogP contribution is -2.38. The summed E-state index contributed by atoms with van der Waals surface area (Å²) in [6.45, 7) is 2.20. The average Bonchev–Trinajstić information content (AvgIpc) is 2.96. The number of hydrogen-bond acceptors (Lipinski definition) is 4. The molecule has 8 heteroatoms. The van der Waals surface area contributed by atoms with Gasteiger partial charge in [0.2, 0.25) is 0 Å². The molecule has 0 saturated carbocycles. The van der Waals surface area contributed by atoms with E-state index in [2.05, 4.69) is 5.32 Å². The average molecular weight is 483 g/mol. The lowest BCUT2D eigenvalue weighted by atomic mass is 10.1. The summed E-state index contributed by atoms with van der Waals surface area (Å²) >= 11 is 6.20. The Kier molecular flexibility index (Phi) is 7.33. The zero-order valence-electron chi connectivity index (χ0n) is 18.6. The molecule has 0 aromatic heterocycles. The molecule has 3 aromatic rings. The number of fused-ring (bicyclic) bond motifs is 1. The Morgan fingerprint density at radius 2 is 1.97 bits per heavy atom. The molecular weight excluding hydrogens is 459 g/mol. The maximum atomic E-state index is 13.5. The molecule has 0 saturated heterocycles. The van der Waals surface area contributed by atoms with Gasteiger partial charge in [0.25, 0.3) is 11.8 Å². The number of amides is 2. The van der Waals surface area contributed by atoms with E-state index in [0.29, 0.717) is 29.2 Å². The second kappa shape index (κ2) is 10.6. The maximum Gasteiger partial charge on any atom is 0.264 e. The number of nitrogens with one attached hydrogen (secondary N) is 1. The van der Waals surface area contributed by atoms with E-state index in [1.54, 1.807) is 41.3 Å². The van der Waals surface area contributed by atoms with Crippen molar-refractivity contribution in [1.82, 2.24) is 4.90 Å². The minimum absolute atomic E-state index is 0.136. The normalized spacial score (nSPS) is 15.2. The first-order valence-corrected chi connectivity index (χ1v) is 11.3. The van der Waals surface area contributed by atoms with Crippen LogP contribution in [0.4, 0.5) is 10.1 Å². The van der Waals surface area contributed by atoms with Gasteiger partial charge in [-0.1, -0.05) is 42.8 Å². The predicted octanol–water partition coefficient (Wildman–Crippen LogP) is 5.20. The van der Waals surface area contributed by atoms with Crippen molar-refractivity contribution in [2.75, 3.05) is 11.9 Å². The lowest BCUT2D eigenvalue weighted by Gasteiger charge is -2.23. The monoisotopic (exact) mass is 482 g/mol. The van der Waals surface area contributed by atoms with Crippen LogP contribution in [0.3, 0.4) is 0 Å². The number of benzene rings is 3. The number of carbonyl (C=O) groups is 2. The van der Waals surface area contributed by atoms with Crippen LogP contribution in [-0.4, -0.2) is 29.4 Å². The summed E-state index contributed by atoms with van der Waals surface area (Å²) in [7, 11) is 0. The number of halogens is 2. The van der Waals surface area contributed by atoms with Crippen molar-refractivity contribution >= 4 is 29.1 Å². The van der Waals surface area contributed by atoms with Crippen LogP contribution in [0.1, 0.15) is 24.5 Å². The summed E-state index contributed by atoms with van der Waals surface area (Å²) in [5.74, 6) is 0.253. The molecule has 3 aromatic carbocycles. The van der Waals surface area contributed by atoms with Gasteiger partial charge in [-0.2, -0.15) is 0 Å². The van der Waals surface area contributed by atoms with Gasteiger partial charge in [-0.25, -0.2) is 4.39 Å². The second-order valence-electron chi connectivity index (χ2n) is 7.92. The van der Waals surface area contributed by atoms with Gasteiger partial charge in [0.1, 0.15) is 17.3 Å². The lowest BCUT2D eigenvalue weighted by molar-refractivity contribution is -0.139. The molecule has 1 atom stereocenters. The third-order valence-electron chi connectivity index (χ3n) is 5.42. The summed E-state index contributed by atoms with van der Waals surface area (Å²) < 4.78 is 24.9. The van der Waals surface area contributed by atoms with Crippen molar-refractivity contribution in [2.45, 2.75) is 32.5 Å². The standard InChI is InChI=1S/C26H24ClFN2O4/c1-2-23-26(32)30(14-17-8-9-19(28)13-22(17)27)15-18-12-20(10-11-24(18)34-23)29-25(31)16-33-21-6-4-3-5-7-21/h3-13,23H,2,14-16H2,1H3,(H,29,31)/t23-/m0/s1. The van der Waals surface area contributed by atoms with Gasteiger partial charge in [-0.3, -0.25) is 9.59 Å². The fourth-order valence-electron chi connectivity index (χ4n) is 3.70. The summed E-state index contributed by atoms with van der Waals surface area (Å²) in [4.78, 5) is 27.1. The van der Waals surface area contributed by atoms with Crippen LogP contribution >= 0.6 is 11.6 Å². The maximum absolute atomic E-state index is 13.5. The Morgan fingerprint density at radius 3 is 2.71 bits per heavy atom. The molecular formula is C26H24ClFN2O4. The van der Waals surface area contributed by atoms with Crippen molar-refractivity contribution in [1.29, 1.82) is 0 Å². The molecule has 0 fully saturated rings. The van der Waals surface area contributed by atoms with E-state index >= 15 is 0 Å². The number of ether oxygens (including phenoxy) is 2. The number of rotatable bonds is 7. The Labute approximate surface area is 202 Å². The van der Waals surface area contributed by atoms with Crippen LogP contribution in [0.5, 0.6) is 11.5 Å². The van der Waals surface area contributed by atoms with Crippen LogP contribution in [0.25, 0.3) is 0 Å². The minimum atomic E-state index is -0.653. The minimum Gasteiger partial charge on any atom is -0.484 e. The van der Waals surface area contributed by atoms with Gasteiger partial charge in [0.15, 0.2) is 12.7 Å². The highest BCUT2D eigenvalue weighted by atomic mass is 35.5.